The van der Waals surface area contributed by atoms with E-state index in [0.717, 1.165) is 62.0 Å². The van der Waals surface area contributed by atoms with Crippen molar-refractivity contribution in [1.82, 2.24) is 4.57 Å². The summed E-state index contributed by atoms with van der Waals surface area (Å²) in [6.07, 6.45) is 0. The van der Waals surface area contributed by atoms with E-state index in [9.17, 15) is 0 Å². The first-order valence-corrected chi connectivity index (χ1v) is 20.0. The van der Waals surface area contributed by atoms with Gasteiger partial charge in [0.15, 0.2) is 0 Å². The molecule has 3 heterocycles. The fourth-order valence-corrected chi connectivity index (χ4v) is 9.58. The van der Waals surface area contributed by atoms with Gasteiger partial charge in [-0.2, -0.15) is 0 Å². The van der Waals surface area contributed by atoms with E-state index in [0.29, 0.717) is 0 Å². The maximum absolute atomic E-state index is 7.05. The molecule has 0 radical (unpaired) electrons. The van der Waals surface area contributed by atoms with Crippen LogP contribution in [0.4, 0.5) is 34.1 Å². The van der Waals surface area contributed by atoms with E-state index >= 15 is 0 Å². The van der Waals surface area contributed by atoms with Crippen molar-refractivity contribution in [3.63, 3.8) is 0 Å². The van der Waals surface area contributed by atoms with Gasteiger partial charge in [-0.3, -0.25) is 0 Å². The summed E-state index contributed by atoms with van der Waals surface area (Å²) in [6.45, 7) is 2.13. The molecule has 10 aromatic rings. The third-order valence-electron chi connectivity index (χ3n) is 12.0. The van der Waals surface area contributed by atoms with Gasteiger partial charge in [-0.15, -0.1) is 0 Å². The average Bonchev–Trinajstić information content (AvgIpc) is 3.60. The molecular formula is C53H36BN3O. The highest BCUT2D eigenvalue weighted by atomic mass is 16.5. The monoisotopic (exact) mass is 741 g/mol. The van der Waals surface area contributed by atoms with Crippen LogP contribution in [-0.2, 0) is 0 Å². The molecule has 0 saturated carbocycles. The minimum absolute atomic E-state index is 0.0137. The zero-order valence-electron chi connectivity index (χ0n) is 31.9. The maximum Gasteiger partial charge on any atom is 0.256 e. The highest BCUT2D eigenvalue weighted by Gasteiger charge is 2.42. The summed E-state index contributed by atoms with van der Waals surface area (Å²) in [5.41, 5.74) is 15.1. The Kier molecular flexibility index (Phi) is 7.20. The van der Waals surface area contributed by atoms with Gasteiger partial charge in [-0.05, 0) is 114 Å². The highest BCUT2D eigenvalue weighted by molar-refractivity contribution is 6.99. The van der Waals surface area contributed by atoms with E-state index < -0.39 is 0 Å². The van der Waals surface area contributed by atoms with Crippen LogP contribution in [0.2, 0.25) is 0 Å². The first-order chi connectivity index (χ1) is 28.7. The zero-order chi connectivity index (χ0) is 38.3. The standard InChI is InChI=1S/C53H36BN3O/c1-35-28-30-39(31-29-35)55(36-16-5-2-6-17-36)48-34-49-52(41-23-12-11-22-40(41)48)42-32-51-44(33-47(42)57(49)38-20-9-4-10-21-38)54-43-24-13-14-25-45(43)56(37-18-7-3-8-19-37)46-26-15-27-50(58-51)53(46)54/h2-34H,1H3. The van der Waals surface area contributed by atoms with E-state index in [2.05, 4.69) is 221 Å². The van der Waals surface area contributed by atoms with Crippen LogP contribution in [0.15, 0.2) is 200 Å². The molecule has 2 aliphatic heterocycles. The van der Waals surface area contributed by atoms with Gasteiger partial charge in [-0.1, -0.05) is 121 Å². The average molecular weight is 742 g/mol. The van der Waals surface area contributed by atoms with E-state index in [1.807, 2.05) is 0 Å². The Hall–Kier alpha value is -7.50. The maximum atomic E-state index is 7.05. The molecule has 0 atom stereocenters. The molecule has 4 nitrogen and oxygen atoms in total. The van der Waals surface area contributed by atoms with Crippen LogP contribution in [0.5, 0.6) is 11.5 Å². The van der Waals surface area contributed by atoms with Crippen molar-refractivity contribution in [2.45, 2.75) is 6.92 Å². The van der Waals surface area contributed by atoms with Crippen molar-refractivity contribution in [3.8, 4) is 17.2 Å². The largest absolute Gasteiger partial charge is 0.458 e. The van der Waals surface area contributed by atoms with Crippen molar-refractivity contribution in [3.05, 3.63) is 206 Å². The third-order valence-corrected chi connectivity index (χ3v) is 12.0. The van der Waals surface area contributed by atoms with Gasteiger partial charge in [0.2, 0.25) is 0 Å². The zero-order valence-corrected chi connectivity index (χ0v) is 31.9. The fraction of sp³-hybridized carbons (Fsp3) is 0.0189. The second-order valence-corrected chi connectivity index (χ2v) is 15.4. The Balaban J connectivity index is 1.17. The Bertz CT molecular complexity index is 3220. The molecular weight excluding hydrogens is 705 g/mol. The van der Waals surface area contributed by atoms with Gasteiger partial charge < -0.3 is 19.1 Å². The molecule has 0 amide bonds. The number of benzene rings is 9. The summed E-state index contributed by atoms with van der Waals surface area (Å²) in [5.74, 6) is 1.80. The lowest BCUT2D eigenvalue weighted by molar-refractivity contribution is 0.488. The molecule has 58 heavy (non-hydrogen) atoms. The summed E-state index contributed by atoms with van der Waals surface area (Å²) < 4.78 is 9.51. The lowest BCUT2D eigenvalue weighted by Gasteiger charge is -2.39. The molecule has 12 rings (SSSR count). The number of aromatic nitrogens is 1. The molecule has 0 N–H and O–H groups in total. The molecule has 5 heteroatoms. The number of rotatable bonds is 5. The van der Waals surface area contributed by atoms with Crippen molar-refractivity contribution in [2.75, 3.05) is 9.80 Å². The van der Waals surface area contributed by atoms with E-state index in [1.165, 1.54) is 43.8 Å². The molecule has 2 aliphatic rings. The molecule has 0 unspecified atom stereocenters. The predicted octanol–water partition coefficient (Wildman–Crippen LogP) is 12.1. The molecule has 272 valence electrons. The van der Waals surface area contributed by atoms with Crippen molar-refractivity contribution in [2.24, 2.45) is 0 Å². The van der Waals surface area contributed by atoms with Gasteiger partial charge in [0.25, 0.3) is 6.71 Å². The first-order valence-electron chi connectivity index (χ1n) is 20.0. The predicted molar refractivity (Wildman–Crippen MR) is 244 cm³/mol. The smallest absolute Gasteiger partial charge is 0.256 e. The van der Waals surface area contributed by atoms with Crippen LogP contribution in [-0.4, -0.2) is 11.3 Å². The second kappa shape index (κ2) is 12.8. The molecule has 0 fully saturated rings. The molecule has 0 bridgehead atoms. The van der Waals surface area contributed by atoms with Gasteiger partial charge in [0.05, 0.1) is 16.7 Å². The summed E-state index contributed by atoms with van der Waals surface area (Å²) in [5, 5.41) is 4.75. The molecule has 1 aromatic heterocycles. The van der Waals surface area contributed by atoms with Crippen molar-refractivity contribution in [1.29, 1.82) is 0 Å². The van der Waals surface area contributed by atoms with E-state index in [1.54, 1.807) is 0 Å². The lowest BCUT2D eigenvalue weighted by Crippen LogP contribution is -2.59. The fourth-order valence-electron chi connectivity index (χ4n) is 9.58. The highest BCUT2D eigenvalue weighted by Crippen LogP contribution is 2.47. The lowest BCUT2D eigenvalue weighted by atomic mass is 9.34. The first kappa shape index (κ1) is 32.7. The Morgan fingerprint density at radius 2 is 1.10 bits per heavy atom. The number of anilines is 6. The number of hydrogen-bond acceptors (Lipinski definition) is 3. The molecule has 9 aromatic carbocycles. The number of aryl methyl sites for hydroxylation is 1. The van der Waals surface area contributed by atoms with Gasteiger partial charge >= 0.3 is 0 Å². The quantitative estimate of drug-likeness (QED) is 0.164. The van der Waals surface area contributed by atoms with Crippen LogP contribution in [0, 0.1) is 6.92 Å². The number of ether oxygens (including phenoxy) is 1. The normalized spacial score (nSPS) is 12.6. The number of nitrogens with zero attached hydrogens (tertiary/aromatic N) is 3. The third kappa shape index (κ3) is 4.83. The Labute approximate surface area is 337 Å². The summed E-state index contributed by atoms with van der Waals surface area (Å²) >= 11 is 0. The SMILES string of the molecule is Cc1ccc(N(c2ccccc2)c2cc3c(c4ccccc24)c2cc4c(cc2n3-c2ccccc2)B2c3ccccc3N(c3ccccc3)c3cccc(c32)O4)cc1. The Morgan fingerprint density at radius 3 is 1.88 bits per heavy atom. The number of fused-ring (bicyclic) bond motifs is 9. The number of hydrogen-bond donors (Lipinski definition) is 0. The van der Waals surface area contributed by atoms with Crippen molar-refractivity contribution >= 4 is 89.8 Å². The molecule has 0 aliphatic carbocycles. The number of para-hydroxylation sites is 4. The van der Waals surface area contributed by atoms with Gasteiger partial charge in [-0.25, -0.2) is 0 Å². The minimum atomic E-state index is -0.0137. The van der Waals surface area contributed by atoms with Crippen LogP contribution in [0.25, 0.3) is 38.3 Å². The minimum Gasteiger partial charge on any atom is -0.458 e. The van der Waals surface area contributed by atoms with E-state index in [-0.39, 0.29) is 6.71 Å². The van der Waals surface area contributed by atoms with Gasteiger partial charge in [0.1, 0.15) is 11.5 Å². The topological polar surface area (TPSA) is 20.6 Å². The second-order valence-electron chi connectivity index (χ2n) is 15.4. The van der Waals surface area contributed by atoms with Gasteiger partial charge in [0, 0.05) is 50.3 Å². The van der Waals surface area contributed by atoms with Crippen LogP contribution >= 0.6 is 0 Å². The summed E-state index contributed by atoms with van der Waals surface area (Å²) in [4.78, 5) is 4.79. The summed E-state index contributed by atoms with van der Waals surface area (Å²) in [6, 6.07) is 72.4. The summed E-state index contributed by atoms with van der Waals surface area (Å²) in [7, 11) is 0. The van der Waals surface area contributed by atoms with Crippen LogP contribution < -0.4 is 30.9 Å². The van der Waals surface area contributed by atoms with Crippen LogP contribution in [0.3, 0.4) is 0 Å². The van der Waals surface area contributed by atoms with E-state index in [4.69, 9.17) is 4.74 Å². The Morgan fingerprint density at radius 1 is 0.466 bits per heavy atom. The molecule has 0 saturated heterocycles. The molecule has 0 spiro atoms. The van der Waals surface area contributed by atoms with Crippen molar-refractivity contribution < 1.29 is 4.74 Å². The van der Waals surface area contributed by atoms with Crippen LogP contribution in [0.1, 0.15) is 5.56 Å².